The molecule has 2 heterocycles. The molecule has 8 heteroatoms. The van der Waals surface area contributed by atoms with Gasteiger partial charge in [0, 0.05) is 34.7 Å². The predicted molar refractivity (Wildman–Crippen MR) is 115 cm³/mol. The number of methoxy groups -OCH3 is 1. The summed E-state index contributed by atoms with van der Waals surface area (Å²) in [6, 6.07) is 13.3. The van der Waals surface area contributed by atoms with E-state index < -0.39 is 11.6 Å². The first kappa shape index (κ1) is 19.0. The van der Waals surface area contributed by atoms with Crippen LogP contribution in [0.2, 0.25) is 0 Å². The first-order chi connectivity index (χ1) is 15.0. The summed E-state index contributed by atoms with van der Waals surface area (Å²) in [5.74, 6) is 2.40. The first-order valence-corrected chi connectivity index (χ1v) is 9.91. The number of aromatic nitrogens is 2. The molecule has 2 aromatic heterocycles. The van der Waals surface area contributed by atoms with Crippen LogP contribution in [0.4, 0.5) is 4.79 Å². The minimum absolute atomic E-state index is 0.230. The molecule has 5 rings (SSSR count). The molecule has 1 aliphatic carbocycles. The van der Waals surface area contributed by atoms with Crippen LogP contribution in [0.1, 0.15) is 12.8 Å². The van der Waals surface area contributed by atoms with Gasteiger partial charge >= 0.3 is 6.09 Å². The summed E-state index contributed by atoms with van der Waals surface area (Å²) in [4.78, 5) is 18.6. The highest BCUT2D eigenvalue weighted by Gasteiger charge is 2.45. The van der Waals surface area contributed by atoms with E-state index >= 15 is 0 Å². The van der Waals surface area contributed by atoms with Gasteiger partial charge in [0.15, 0.2) is 11.5 Å². The number of nitrogens with zero attached hydrogens (tertiary/aromatic N) is 1. The van der Waals surface area contributed by atoms with Gasteiger partial charge in [-0.1, -0.05) is 0 Å². The Morgan fingerprint density at radius 1 is 1.16 bits per heavy atom. The summed E-state index contributed by atoms with van der Waals surface area (Å²) in [5.41, 5.74) is 1.20. The number of pyridine rings is 1. The quantitative estimate of drug-likeness (QED) is 0.401. The van der Waals surface area contributed by atoms with E-state index in [-0.39, 0.29) is 6.61 Å². The van der Waals surface area contributed by atoms with Gasteiger partial charge in [-0.15, -0.1) is 0 Å². The molecule has 1 fully saturated rings. The monoisotopic (exact) mass is 419 g/mol. The van der Waals surface area contributed by atoms with Gasteiger partial charge in [-0.05, 0) is 49.2 Å². The molecule has 0 unspecified atom stereocenters. The Balaban J connectivity index is 1.43. The molecule has 0 radical (unpaired) electrons. The van der Waals surface area contributed by atoms with E-state index in [1.54, 1.807) is 25.4 Å². The molecule has 0 saturated heterocycles. The fourth-order valence-electron chi connectivity index (χ4n) is 3.61. The van der Waals surface area contributed by atoms with Crippen LogP contribution in [0, 0.1) is 0 Å². The predicted octanol–water partition coefficient (Wildman–Crippen LogP) is 4.70. The van der Waals surface area contributed by atoms with Crippen molar-refractivity contribution in [2.24, 2.45) is 0 Å². The molecule has 1 aliphatic rings. The van der Waals surface area contributed by atoms with Crippen LogP contribution in [-0.4, -0.2) is 40.4 Å². The second-order valence-corrected chi connectivity index (χ2v) is 7.66. The number of H-pyrrole nitrogens is 1. The zero-order chi connectivity index (χ0) is 21.4. The number of carbonyl (C=O) groups is 1. The number of ether oxygens (including phenoxy) is 3. The third-order valence-electron chi connectivity index (χ3n) is 5.47. The van der Waals surface area contributed by atoms with Gasteiger partial charge in [-0.3, -0.25) is 4.98 Å². The molecule has 1 saturated carbocycles. The van der Waals surface area contributed by atoms with Gasteiger partial charge in [0.05, 0.1) is 18.2 Å². The minimum atomic E-state index is -1.05. The second-order valence-electron chi connectivity index (χ2n) is 7.66. The highest BCUT2D eigenvalue weighted by molar-refractivity contribution is 5.88. The Hall–Kier alpha value is -3.94. The third-order valence-corrected chi connectivity index (χ3v) is 5.47. The largest absolute Gasteiger partial charge is 0.493 e. The summed E-state index contributed by atoms with van der Waals surface area (Å²) in [6.07, 6.45) is 4.01. The van der Waals surface area contributed by atoms with Crippen molar-refractivity contribution in [3.8, 4) is 23.0 Å². The maximum Gasteiger partial charge on any atom is 0.405 e. The van der Waals surface area contributed by atoms with Crippen LogP contribution in [0.15, 0.2) is 54.9 Å². The summed E-state index contributed by atoms with van der Waals surface area (Å²) < 4.78 is 17.6. The maximum absolute atomic E-state index is 11.0. The Morgan fingerprint density at radius 3 is 2.81 bits per heavy atom. The highest BCUT2D eigenvalue weighted by Crippen LogP contribution is 2.40. The molecule has 8 nitrogen and oxygen atoms in total. The molecule has 0 spiro atoms. The molecule has 4 aromatic rings. The fourth-order valence-corrected chi connectivity index (χ4v) is 3.61. The number of hydrogen-bond acceptors (Lipinski definition) is 5. The van der Waals surface area contributed by atoms with Gasteiger partial charge in [0.25, 0.3) is 0 Å². The molecule has 158 valence electrons. The van der Waals surface area contributed by atoms with Crippen molar-refractivity contribution < 1.29 is 24.1 Å². The van der Waals surface area contributed by atoms with Crippen LogP contribution in [0.25, 0.3) is 21.8 Å². The van der Waals surface area contributed by atoms with E-state index in [1.807, 2.05) is 36.5 Å². The van der Waals surface area contributed by atoms with E-state index in [1.165, 1.54) is 0 Å². The van der Waals surface area contributed by atoms with Crippen LogP contribution in [0.3, 0.4) is 0 Å². The van der Waals surface area contributed by atoms with Crippen molar-refractivity contribution in [2.45, 2.75) is 18.4 Å². The summed E-state index contributed by atoms with van der Waals surface area (Å²) in [7, 11) is 1.56. The molecule has 0 bridgehead atoms. The van der Waals surface area contributed by atoms with Crippen LogP contribution >= 0.6 is 0 Å². The van der Waals surface area contributed by atoms with Crippen LogP contribution in [-0.2, 0) is 0 Å². The van der Waals surface area contributed by atoms with Gasteiger partial charge in [0.2, 0.25) is 0 Å². The highest BCUT2D eigenvalue weighted by atomic mass is 16.5. The average Bonchev–Trinajstić information content (AvgIpc) is 3.35. The minimum Gasteiger partial charge on any atom is -0.493 e. The molecule has 0 aliphatic heterocycles. The van der Waals surface area contributed by atoms with Crippen LogP contribution < -0.4 is 19.5 Å². The maximum atomic E-state index is 11.0. The number of rotatable bonds is 7. The normalized spacial score (nSPS) is 14.4. The summed E-state index contributed by atoms with van der Waals surface area (Å²) in [5, 5.41) is 13.4. The Labute approximate surface area is 177 Å². The molecule has 1 amide bonds. The Morgan fingerprint density at radius 2 is 2.03 bits per heavy atom. The lowest BCUT2D eigenvalue weighted by atomic mass is 10.1. The van der Waals surface area contributed by atoms with Gasteiger partial charge in [-0.2, -0.15) is 0 Å². The Bertz CT molecular complexity index is 1280. The number of hydrogen-bond donors (Lipinski definition) is 3. The number of aromatic amines is 1. The van der Waals surface area contributed by atoms with Crippen LogP contribution in [0.5, 0.6) is 23.0 Å². The third kappa shape index (κ3) is 3.79. The standard InChI is InChI=1S/C23H21N3O5/c1-29-20-11-16-18(12-21(20)30-13-23(6-7-23)26-22(27)28)25-9-5-19(16)31-15-2-3-17-14(10-15)4-8-24-17/h2-5,8-12,24,26H,6-7,13H2,1H3,(H,27,28). The molecule has 2 aromatic carbocycles. The van der Waals surface area contributed by atoms with Crippen molar-refractivity contribution in [1.29, 1.82) is 0 Å². The second kappa shape index (κ2) is 7.39. The van der Waals surface area contributed by atoms with Gasteiger partial charge in [-0.25, -0.2) is 4.79 Å². The number of benzene rings is 2. The molecular weight excluding hydrogens is 398 g/mol. The first-order valence-electron chi connectivity index (χ1n) is 9.91. The lowest BCUT2D eigenvalue weighted by Gasteiger charge is -2.18. The smallest absolute Gasteiger partial charge is 0.405 e. The topological polar surface area (TPSA) is 106 Å². The zero-order valence-electron chi connectivity index (χ0n) is 16.8. The molecule has 3 N–H and O–H groups in total. The number of fused-ring (bicyclic) bond motifs is 2. The molecule has 31 heavy (non-hydrogen) atoms. The lowest BCUT2D eigenvalue weighted by Crippen LogP contribution is -2.40. The van der Waals surface area contributed by atoms with E-state index in [2.05, 4.69) is 15.3 Å². The summed E-state index contributed by atoms with van der Waals surface area (Å²) >= 11 is 0. The number of carboxylic acid groups (broad SMARTS) is 1. The Kier molecular flexibility index (Phi) is 4.54. The summed E-state index contributed by atoms with van der Waals surface area (Å²) in [6.45, 7) is 0.230. The fraction of sp³-hybridized carbons (Fsp3) is 0.217. The van der Waals surface area contributed by atoms with E-state index in [4.69, 9.17) is 19.3 Å². The molecular formula is C23H21N3O5. The van der Waals surface area contributed by atoms with Crippen molar-refractivity contribution in [2.75, 3.05) is 13.7 Å². The van der Waals surface area contributed by atoms with Gasteiger partial charge in [0.1, 0.15) is 18.1 Å². The molecule has 0 atom stereocenters. The SMILES string of the molecule is COc1cc2c(Oc3ccc4[nH]ccc4c3)ccnc2cc1OCC1(NC(=O)O)CC1. The average molecular weight is 419 g/mol. The number of nitrogens with one attached hydrogen (secondary N) is 2. The van der Waals surface area contributed by atoms with Crippen molar-refractivity contribution in [3.63, 3.8) is 0 Å². The van der Waals surface area contributed by atoms with Crippen molar-refractivity contribution in [3.05, 3.63) is 54.9 Å². The van der Waals surface area contributed by atoms with Crippen molar-refractivity contribution >= 4 is 27.9 Å². The van der Waals surface area contributed by atoms with Crippen molar-refractivity contribution in [1.82, 2.24) is 15.3 Å². The van der Waals surface area contributed by atoms with E-state index in [9.17, 15) is 4.79 Å². The zero-order valence-corrected chi connectivity index (χ0v) is 16.8. The van der Waals surface area contributed by atoms with E-state index in [0.717, 1.165) is 29.1 Å². The lowest BCUT2D eigenvalue weighted by molar-refractivity contribution is 0.176. The van der Waals surface area contributed by atoms with E-state index in [0.29, 0.717) is 28.5 Å². The number of amides is 1. The van der Waals surface area contributed by atoms with Gasteiger partial charge < -0.3 is 29.6 Å².